The Kier molecular flexibility index (Phi) is 4.56. The zero-order valence-corrected chi connectivity index (χ0v) is 18.4. The van der Waals surface area contributed by atoms with Gasteiger partial charge < -0.3 is 5.73 Å². The van der Waals surface area contributed by atoms with Crippen LogP contribution in [0.5, 0.6) is 0 Å². The third-order valence-electron chi connectivity index (χ3n) is 5.86. The van der Waals surface area contributed by atoms with Gasteiger partial charge in [0.05, 0.1) is 6.54 Å². The molecule has 0 saturated heterocycles. The van der Waals surface area contributed by atoms with Crippen LogP contribution in [0.1, 0.15) is 27.2 Å². The molecule has 166 valence electrons. The molecule has 0 fully saturated rings. The van der Waals surface area contributed by atoms with Crippen LogP contribution in [-0.2, 0) is 13.6 Å². The van der Waals surface area contributed by atoms with E-state index in [1.807, 2.05) is 48.9 Å². The maximum Gasteiger partial charge on any atom is 0.332 e. The van der Waals surface area contributed by atoms with Crippen molar-refractivity contribution in [2.75, 3.05) is 0 Å². The summed E-state index contributed by atoms with van der Waals surface area (Å²) < 4.78 is 6.20. The molecule has 3 aromatic heterocycles. The van der Waals surface area contributed by atoms with Gasteiger partial charge in [0.1, 0.15) is 0 Å². The molecule has 0 radical (unpaired) electrons. The fourth-order valence-electron chi connectivity index (χ4n) is 4.24. The van der Waals surface area contributed by atoms with Gasteiger partial charge in [-0.05, 0) is 43.7 Å². The van der Waals surface area contributed by atoms with Crippen LogP contribution in [0.2, 0.25) is 0 Å². The molecule has 0 aliphatic rings. The van der Waals surface area contributed by atoms with E-state index < -0.39 is 17.2 Å². The molecule has 0 spiro atoms. The van der Waals surface area contributed by atoms with E-state index in [4.69, 9.17) is 5.73 Å². The summed E-state index contributed by atoms with van der Waals surface area (Å²) in [4.78, 5) is 42.6. The van der Waals surface area contributed by atoms with E-state index in [0.717, 1.165) is 22.5 Å². The Morgan fingerprint density at radius 1 is 1.06 bits per heavy atom. The van der Waals surface area contributed by atoms with Crippen molar-refractivity contribution in [1.29, 1.82) is 0 Å². The molecular weight excluding hydrogens is 420 g/mol. The maximum absolute atomic E-state index is 13.5. The lowest BCUT2D eigenvalue weighted by atomic mass is 10.1. The van der Waals surface area contributed by atoms with Crippen molar-refractivity contribution in [3.8, 4) is 5.69 Å². The molecule has 0 bridgehead atoms. The van der Waals surface area contributed by atoms with Crippen molar-refractivity contribution in [2.45, 2.75) is 20.4 Å². The fourth-order valence-corrected chi connectivity index (χ4v) is 4.24. The topological polar surface area (TPSA) is 109 Å². The average molecular weight is 442 g/mol. The SMILES string of the molecule is Cc1cccc(Cn2c(=O)c3c(nc4n(-c5ccc(C(N)=O)cc5)c(C)cn34)n(C)c2=O)c1. The first-order chi connectivity index (χ1) is 15.8. The first kappa shape index (κ1) is 20.5. The number of nitrogens with zero attached hydrogens (tertiary/aromatic N) is 5. The molecule has 2 N–H and O–H groups in total. The summed E-state index contributed by atoms with van der Waals surface area (Å²) in [5.74, 6) is -0.0126. The minimum absolute atomic E-state index is 0.171. The van der Waals surface area contributed by atoms with Crippen molar-refractivity contribution >= 4 is 22.8 Å². The molecule has 9 nitrogen and oxygen atoms in total. The lowest BCUT2D eigenvalue weighted by Gasteiger charge is -2.09. The van der Waals surface area contributed by atoms with Crippen LogP contribution in [0.15, 0.2) is 64.3 Å². The molecule has 0 unspecified atom stereocenters. The van der Waals surface area contributed by atoms with E-state index in [-0.39, 0.29) is 6.54 Å². The smallest absolute Gasteiger partial charge is 0.332 e. The van der Waals surface area contributed by atoms with Crippen LogP contribution in [-0.4, -0.2) is 29.0 Å². The van der Waals surface area contributed by atoms with Gasteiger partial charge in [-0.1, -0.05) is 29.8 Å². The van der Waals surface area contributed by atoms with Gasteiger partial charge in [-0.25, -0.2) is 4.79 Å². The highest BCUT2D eigenvalue weighted by molar-refractivity contribution is 5.93. The summed E-state index contributed by atoms with van der Waals surface area (Å²) in [6.45, 7) is 4.04. The molecule has 0 atom stereocenters. The molecule has 0 aliphatic heterocycles. The summed E-state index contributed by atoms with van der Waals surface area (Å²) in [5.41, 5.74) is 9.08. The number of aryl methyl sites for hydroxylation is 3. The lowest BCUT2D eigenvalue weighted by molar-refractivity contribution is 0.100. The van der Waals surface area contributed by atoms with Crippen LogP contribution in [0.4, 0.5) is 0 Å². The van der Waals surface area contributed by atoms with E-state index in [1.54, 1.807) is 35.7 Å². The Labute approximate surface area is 187 Å². The predicted molar refractivity (Wildman–Crippen MR) is 125 cm³/mol. The second kappa shape index (κ2) is 7.33. The molecule has 5 rings (SSSR count). The van der Waals surface area contributed by atoms with Gasteiger partial charge in [0.25, 0.3) is 5.56 Å². The average Bonchev–Trinajstić information content (AvgIpc) is 3.30. The number of aromatic nitrogens is 5. The Hall–Kier alpha value is -4.40. The molecule has 0 aliphatic carbocycles. The molecular formula is C24H22N6O3. The minimum Gasteiger partial charge on any atom is -0.366 e. The van der Waals surface area contributed by atoms with E-state index >= 15 is 0 Å². The Balaban J connectivity index is 1.75. The summed E-state index contributed by atoms with van der Waals surface area (Å²) in [5, 5.41) is 0. The molecule has 33 heavy (non-hydrogen) atoms. The van der Waals surface area contributed by atoms with E-state index in [1.165, 1.54) is 9.13 Å². The third kappa shape index (κ3) is 3.16. The molecule has 5 aromatic rings. The van der Waals surface area contributed by atoms with Crippen molar-refractivity contribution in [3.05, 3.63) is 98.0 Å². The zero-order valence-electron chi connectivity index (χ0n) is 18.4. The first-order valence-corrected chi connectivity index (χ1v) is 10.4. The van der Waals surface area contributed by atoms with Crippen LogP contribution in [0.3, 0.4) is 0 Å². The molecule has 1 amide bonds. The summed E-state index contributed by atoms with van der Waals surface area (Å²) in [6.07, 6.45) is 1.82. The number of hydrogen-bond donors (Lipinski definition) is 1. The number of carbonyl (C=O) groups excluding carboxylic acids is 1. The second-order valence-corrected chi connectivity index (χ2v) is 8.19. The lowest BCUT2D eigenvalue weighted by Crippen LogP contribution is -2.39. The number of fused-ring (bicyclic) bond motifs is 3. The Morgan fingerprint density at radius 3 is 2.45 bits per heavy atom. The second-order valence-electron chi connectivity index (χ2n) is 8.19. The summed E-state index contributed by atoms with van der Waals surface area (Å²) in [7, 11) is 1.61. The number of amides is 1. The minimum atomic E-state index is -0.508. The quantitative estimate of drug-likeness (QED) is 0.458. The van der Waals surface area contributed by atoms with E-state index in [2.05, 4.69) is 4.98 Å². The number of hydrogen-bond acceptors (Lipinski definition) is 4. The van der Waals surface area contributed by atoms with Gasteiger partial charge in [0.15, 0.2) is 11.2 Å². The van der Waals surface area contributed by atoms with Gasteiger partial charge >= 0.3 is 5.69 Å². The number of carbonyl (C=O) groups is 1. The molecule has 3 heterocycles. The van der Waals surface area contributed by atoms with Crippen molar-refractivity contribution in [3.63, 3.8) is 0 Å². The van der Waals surface area contributed by atoms with Crippen LogP contribution < -0.4 is 17.0 Å². The van der Waals surface area contributed by atoms with Crippen molar-refractivity contribution < 1.29 is 4.79 Å². The van der Waals surface area contributed by atoms with Gasteiger partial charge in [-0.3, -0.25) is 27.7 Å². The van der Waals surface area contributed by atoms with Crippen LogP contribution >= 0.6 is 0 Å². The summed E-state index contributed by atoms with van der Waals surface area (Å²) in [6, 6.07) is 14.5. The molecule has 9 heteroatoms. The largest absolute Gasteiger partial charge is 0.366 e. The van der Waals surface area contributed by atoms with E-state index in [0.29, 0.717) is 22.5 Å². The number of rotatable bonds is 4. The zero-order chi connectivity index (χ0) is 23.4. The monoisotopic (exact) mass is 442 g/mol. The number of primary amides is 1. The molecule has 0 saturated carbocycles. The first-order valence-electron chi connectivity index (χ1n) is 10.4. The fraction of sp³-hybridized carbons (Fsp3) is 0.167. The van der Waals surface area contributed by atoms with Gasteiger partial charge in [-0.2, -0.15) is 4.98 Å². The van der Waals surface area contributed by atoms with Gasteiger partial charge in [0, 0.05) is 30.2 Å². The number of nitrogens with two attached hydrogens (primary N) is 1. The predicted octanol–water partition coefficient (Wildman–Crippen LogP) is 1.90. The number of benzene rings is 2. The standard InChI is InChI=1S/C24H22N6O3/c1-14-5-4-6-16(11-14)13-29-22(32)19-21(27(3)24(29)33)26-23-28(19)12-15(2)30(23)18-9-7-17(8-10-18)20(25)31/h4-12H,13H2,1-3H3,(H2,25,31). The normalized spacial score (nSPS) is 11.5. The van der Waals surface area contributed by atoms with Crippen molar-refractivity contribution in [1.82, 2.24) is 23.1 Å². The maximum atomic E-state index is 13.5. The van der Waals surface area contributed by atoms with Crippen LogP contribution in [0, 0.1) is 13.8 Å². The Morgan fingerprint density at radius 2 is 1.79 bits per heavy atom. The highest BCUT2D eigenvalue weighted by atomic mass is 16.2. The highest BCUT2D eigenvalue weighted by Gasteiger charge is 2.21. The van der Waals surface area contributed by atoms with Gasteiger partial charge in [-0.15, -0.1) is 0 Å². The summed E-state index contributed by atoms with van der Waals surface area (Å²) >= 11 is 0. The highest BCUT2D eigenvalue weighted by Crippen LogP contribution is 2.21. The third-order valence-corrected chi connectivity index (χ3v) is 5.86. The van der Waals surface area contributed by atoms with Crippen molar-refractivity contribution in [2.24, 2.45) is 12.8 Å². The molecule has 2 aromatic carbocycles. The van der Waals surface area contributed by atoms with Crippen LogP contribution in [0.25, 0.3) is 22.6 Å². The van der Waals surface area contributed by atoms with Gasteiger partial charge in [0.2, 0.25) is 11.7 Å². The Bertz CT molecular complexity index is 1680. The number of imidazole rings is 2. The van der Waals surface area contributed by atoms with E-state index in [9.17, 15) is 14.4 Å².